The summed E-state index contributed by atoms with van der Waals surface area (Å²) in [4.78, 5) is 31.0. The van der Waals surface area contributed by atoms with Gasteiger partial charge in [-0.25, -0.2) is 9.80 Å². The summed E-state index contributed by atoms with van der Waals surface area (Å²) in [5, 5.41) is 9.34. The van der Waals surface area contributed by atoms with Crippen molar-refractivity contribution in [2.45, 2.75) is 38.8 Å². The van der Waals surface area contributed by atoms with Gasteiger partial charge in [0.1, 0.15) is 18.0 Å². The molecular formula is C30H41N5O5. The molecule has 1 N–H and O–H groups in total. The number of amides is 3. The molecule has 0 bridgehead atoms. The molecule has 40 heavy (non-hydrogen) atoms. The molecule has 2 aromatic rings. The molecule has 10 nitrogen and oxygen atoms in total. The number of hydrogen-bond acceptors (Lipinski definition) is 7. The number of ether oxygens (including phenoxy) is 3. The van der Waals surface area contributed by atoms with Crippen LogP contribution in [0.15, 0.2) is 53.6 Å². The van der Waals surface area contributed by atoms with Crippen molar-refractivity contribution < 1.29 is 23.8 Å². The van der Waals surface area contributed by atoms with Crippen LogP contribution in [0.5, 0.6) is 11.5 Å². The Labute approximate surface area is 236 Å². The first-order chi connectivity index (χ1) is 19.2. The second kappa shape index (κ2) is 13.1. The average Bonchev–Trinajstić information content (AvgIpc) is 3.40. The summed E-state index contributed by atoms with van der Waals surface area (Å²) >= 11 is 0. The third kappa shape index (κ3) is 7.73. The molecule has 2 aromatic carbocycles. The molecule has 0 unspecified atom stereocenters. The van der Waals surface area contributed by atoms with Crippen LogP contribution in [0, 0.1) is 0 Å². The highest BCUT2D eigenvalue weighted by atomic mass is 16.5. The van der Waals surface area contributed by atoms with Gasteiger partial charge in [0.2, 0.25) is 0 Å². The van der Waals surface area contributed by atoms with Crippen LogP contribution in [-0.2, 0) is 9.53 Å². The van der Waals surface area contributed by atoms with Gasteiger partial charge in [0.25, 0.3) is 5.91 Å². The van der Waals surface area contributed by atoms with Crippen molar-refractivity contribution >= 4 is 17.6 Å². The van der Waals surface area contributed by atoms with Crippen LogP contribution in [0.3, 0.4) is 0 Å². The van der Waals surface area contributed by atoms with Gasteiger partial charge in [-0.3, -0.25) is 9.69 Å². The Hall–Kier alpha value is -3.63. The molecule has 2 aliphatic rings. The van der Waals surface area contributed by atoms with E-state index in [1.54, 1.807) is 19.1 Å². The molecule has 0 saturated carbocycles. The number of hydrazone groups is 1. The maximum Gasteiger partial charge on any atom is 0.318 e. The number of carbonyl (C=O) groups is 2. The summed E-state index contributed by atoms with van der Waals surface area (Å²) in [6.07, 6.45) is 0.548. The monoisotopic (exact) mass is 551 g/mol. The van der Waals surface area contributed by atoms with Crippen LogP contribution < -0.4 is 14.8 Å². The fraction of sp³-hybridized carbons (Fsp3) is 0.500. The highest BCUT2D eigenvalue weighted by Gasteiger charge is 2.35. The first-order valence-electron chi connectivity index (χ1n) is 13.7. The Morgan fingerprint density at radius 1 is 1.00 bits per heavy atom. The van der Waals surface area contributed by atoms with E-state index in [-0.39, 0.29) is 24.5 Å². The zero-order valence-corrected chi connectivity index (χ0v) is 24.2. The van der Waals surface area contributed by atoms with E-state index < -0.39 is 5.54 Å². The van der Waals surface area contributed by atoms with Gasteiger partial charge in [0.15, 0.2) is 0 Å². The first kappa shape index (κ1) is 29.4. The van der Waals surface area contributed by atoms with E-state index in [4.69, 9.17) is 19.3 Å². The van der Waals surface area contributed by atoms with E-state index in [1.807, 2.05) is 69.3 Å². The lowest BCUT2D eigenvalue weighted by atomic mass is 9.98. The third-order valence-electron chi connectivity index (χ3n) is 6.97. The van der Waals surface area contributed by atoms with Crippen molar-refractivity contribution in [1.29, 1.82) is 0 Å². The molecule has 1 fully saturated rings. The van der Waals surface area contributed by atoms with Crippen LogP contribution in [0.4, 0.5) is 4.79 Å². The van der Waals surface area contributed by atoms with E-state index in [9.17, 15) is 9.59 Å². The maximum absolute atomic E-state index is 13.9. The van der Waals surface area contributed by atoms with Crippen LogP contribution in [0.1, 0.15) is 44.4 Å². The molecule has 216 valence electrons. The molecule has 0 aliphatic carbocycles. The molecule has 3 amide bonds. The Bertz CT molecular complexity index is 1170. The van der Waals surface area contributed by atoms with Crippen LogP contribution in [0.25, 0.3) is 0 Å². The van der Waals surface area contributed by atoms with Gasteiger partial charge in [-0.1, -0.05) is 12.1 Å². The average molecular weight is 552 g/mol. The van der Waals surface area contributed by atoms with Crippen molar-refractivity contribution in [2.75, 3.05) is 60.2 Å². The smallest absolute Gasteiger partial charge is 0.318 e. The second-order valence-corrected chi connectivity index (χ2v) is 11.1. The molecule has 1 saturated heterocycles. The minimum Gasteiger partial charge on any atom is -0.497 e. The number of morpholine rings is 1. The Balaban J connectivity index is 1.57. The molecule has 10 heteroatoms. The van der Waals surface area contributed by atoms with Gasteiger partial charge in [-0.05, 0) is 68.3 Å². The van der Waals surface area contributed by atoms with Gasteiger partial charge in [-0.2, -0.15) is 5.10 Å². The predicted molar refractivity (Wildman–Crippen MR) is 154 cm³/mol. The SMILES string of the molecule is COc1ccc(C2=NN(C(=O)CN(CCN3CCOCC3)C(=O)NC(C)(C)C)[C@H](c3ccc(OC)cc3)C2)cc1. The molecule has 0 radical (unpaired) electrons. The Kier molecular flexibility index (Phi) is 9.65. The molecule has 4 rings (SSSR count). The third-order valence-corrected chi connectivity index (χ3v) is 6.97. The van der Waals surface area contributed by atoms with E-state index in [1.165, 1.54) is 5.01 Å². The van der Waals surface area contributed by atoms with Crippen molar-refractivity contribution in [3.8, 4) is 11.5 Å². The summed E-state index contributed by atoms with van der Waals surface area (Å²) in [6.45, 7) is 9.75. The number of urea groups is 1. The number of methoxy groups -OCH3 is 2. The molecule has 0 spiro atoms. The fourth-order valence-electron chi connectivity index (χ4n) is 4.76. The molecule has 2 heterocycles. The number of carbonyl (C=O) groups excluding carboxylic acids is 2. The number of hydrogen-bond donors (Lipinski definition) is 1. The zero-order valence-electron chi connectivity index (χ0n) is 24.2. The Morgan fingerprint density at radius 3 is 2.17 bits per heavy atom. The number of benzene rings is 2. The van der Waals surface area contributed by atoms with Gasteiger partial charge in [0, 0.05) is 38.1 Å². The lowest BCUT2D eigenvalue weighted by Crippen LogP contribution is -2.53. The van der Waals surface area contributed by atoms with E-state index in [2.05, 4.69) is 10.2 Å². The van der Waals surface area contributed by atoms with Crippen LogP contribution in [-0.4, -0.2) is 98.2 Å². The van der Waals surface area contributed by atoms with E-state index >= 15 is 0 Å². The molecular weight excluding hydrogens is 510 g/mol. The summed E-state index contributed by atoms with van der Waals surface area (Å²) in [5.74, 6) is 1.25. The number of nitrogens with zero attached hydrogens (tertiary/aromatic N) is 4. The zero-order chi connectivity index (χ0) is 28.7. The number of nitrogens with one attached hydrogen (secondary N) is 1. The predicted octanol–water partition coefficient (Wildman–Crippen LogP) is 3.52. The van der Waals surface area contributed by atoms with Crippen molar-refractivity contribution in [3.63, 3.8) is 0 Å². The summed E-state index contributed by atoms with van der Waals surface area (Å²) in [5.41, 5.74) is 2.23. The normalized spacial score (nSPS) is 17.8. The number of rotatable bonds is 9. The summed E-state index contributed by atoms with van der Waals surface area (Å²) in [6, 6.07) is 14.8. The molecule has 1 atom stereocenters. The highest BCUT2D eigenvalue weighted by molar-refractivity contribution is 6.03. The van der Waals surface area contributed by atoms with Crippen LogP contribution >= 0.6 is 0 Å². The second-order valence-electron chi connectivity index (χ2n) is 11.1. The van der Waals surface area contributed by atoms with Gasteiger partial charge in [-0.15, -0.1) is 0 Å². The van der Waals surface area contributed by atoms with Crippen molar-refractivity contribution in [2.24, 2.45) is 5.10 Å². The lowest BCUT2D eigenvalue weighted by Gasteiger charge is -2.32. The maximum atomic E-state index is 13.9. The molecule has 0 aromatic heterocycles. The van der Waals surface area contributed by atoms with Gasteiger partial charge < -0.3 is 24.4 Å². The fourth-order valence-corrected chi connectivity index (χ4v) is 4.76. The highest BCUT2D eigenvalue weighted by Crippen LogP contribution is 2.34. The first-order valence-corrected chi connectivity index (χ1v) is 13.7. The lowest BCUT2D eigenvalue weighted by molar-refractivity contribution is -0.133. The van der Waals surface area contributed by atoms with E-state index in [0.717, 1.165) is 41.4 Å². The van der Waals surface area contributed by atoms with Crippen molar-refractivity contribution in [3.05, 3.63) is 59.7 Å². The van der Waals surface area contributed by atoms with Gasteiger partial charge >= 0.3 is 6.03 Å². The quantitative estimate of drug-likeness (QED) is 0.513. The minimum atomic E-state index is -0.434. The standard InChI is InChI=1S/C30H41N5O5/c1-30(2,3)31-29(37)34(15-14-33-16-18-40-19-17-33)21-28(36)35-27(23-8-12-25(39-5)13-9-23)20-26(32-35)22-6-10-24(38-4)11-7-22/h6-13,27H,14-21H2,1-5H3,(H,31,37)/t27-/m0/s1. The largest absolute Gasteiger partial charge is 0.497 e. The summed E-state index contributed by atoms with van der Waals surface area (Å²) in [7, 11) is 3.25. The van der Waals surface area contributed by atoms with Gasteiger partial charge in [0.05, 0.1) is 39.2 Å². The summed E-state index contributed by atoms with van der Waals surface area (Å²) < 4.78 is 16.1. The minimum absolute atomic E-state index is 0.0850. The van der Waals surface area contributed by atoms with Crippen LogP contribution in [0.2, 0.25) is 0 Å². The molecule has 2 aliphatic heterocycles. The topological polar surface area (TPSA) is 95.9 Å². The Morgan fingerprint density at radius 2 is 1.60 bits per heavy atom. The van der Waals surface area contributed by atoms with Crippen molar-refractivity contribution in [1.82, 2.24) is 20.1 Å². The van der Waals surface area contributed by atoms with E-state index in [0.29, 0.717) is 32.7 Å².